The SMILES string of the molecule is CCOC(=O)N1CCN(CC(=O)Nc2c(C#N)c(C)c(C)n2CCCOC)CC1. The van der Waals surface area contributed by atoms with E-state index in [4.69, 9.17) is 9.47 Å². The number of carbonyl (C=O) groups is 2. The number of aromatic nitrogens is 1. The van der Waals surface area contributed by atoms with Crippen molar-refractivity contribution >= 4 is 17.8 Å². The third-order valence-corrected chi connectivity index (χ3v) is 5.19. The molecular formula is C20H31N5O4. The molecule has 29 heavy (non-hydrogen) atoms. The van der Waals surface area contributed by atoms with Crippen LogP contribution in [0.2, 0.25) is 0 Å². The lowest BCUT2D eigenvalue weighted by molar-refractivity contribution is -0.117. The van der Waals surface area contributed by atoms with Crippen LogP contribution in [0.5, 0.6) is 0 Å². The monoisotopic (exact) mass is 405 g/mol. The van der Waals surface area contributed by atoms with Gasteiger partial charge < -0.3 is 24.3 Å². The van der Waals surface area contributed by atoms with E-state index in [1.165, 1.54) is 0 Å². The molecule has 0 atom stereocenters. The normalized spacial score (nSPS) is 14.5. The molecule has 9 nitrogen and oxygen atoms in total. The largest absolute Gasteiger partial charge is 0.450 e. The Bertz CT molecular complexity index is 760. The summed E-state index contributed by atoms with van der Waals surface area (Å²) in [5.41, 5.74) is 2.35. The molecular weight excluding hydrogens is 374 g/mol. The Morgan fingerprint density at radius 2 is 1.90 bits per heavy atom. The molecule has 1 aromatic rings. The van der Waals surface area contributed by atoms with Crippen molar-refractivity contribution in [1.29, 1.82) is 5.26 Å². The van der Waals surface area contributed by atoms with E-state index in [-0.39, 0.29) is 18.5 Å². The van der Waals surface area contributed by atoms with Crippen molar-refractivity contribution < 1.29 is 19.1 Å². The number of carbonyl (C=O) groups excluding carboxylic acids is 2. The molecule has 1 N–H and O–H groups in total. The number of methoxy groups -OCH3 is 1. The second kappa shape index (κ2) is 10.8. The summed E-state index contributed by atoms with van der Waals surface area (Å²) in [6, 6.07) is 2.22. The minimum atomic E-state index is -0.310. The van der Waals surface area contributed by atoms with Crippen molar-refractivity contribution in [2.75, 3.05) is 58.4 Å². The van der Waals surface area contributed by atoms with Crippen molar-refractivity contribution in [3.05, 3.63) is 16.8 Å². The highest BCUT2D eigenvalue weighted by atomic mass is 16.6. The molecule has 2 rings (SSSR count). The first-order chi connectivity index (χ1) is 13.9. The average molecular weight is 405 g/mol. The number of nitriles is 1. The number of nitrogens with one attached hydrogen (secondary N) is 1. The predicted molar refractivity (Wildman–Crippen MR) is 109 cm³/mol. The van der Waals surface area contributed by atoms with Crippen LogP contribution in [0.15, 0.2) is 0 Å². The Hall–Kier alpha value is -2.57. The maximum Gasteiger partial charge on any atom is 0.409 e. The number of hydrogen-bond acceptors (Lipinski definition) is 6. The van der Waals surface area contributed by atoms with Crippen LogP contribution >= 0.6 is 0 Å². The lowest BCUT2D eigenvalue weighted by Crippen LogP contribution is -2.50. The third-order valence-electron chi connectivity index (χ3n) is 5.19. The van der Waals surface area contributed by atoms with Gasteiger partial charge in [-0.05, 0) is 32.8 Å². The van der Waals surface area contributed by atoms with Gasteiger partial charge in [0.2, 0.25) is 5.91 Å². The lowest BCUT2D eigenvalue weighted by Gasteiger charge is -2.33. The summed E-state index contributed by atoms with van der Waals surface area (Å²) in [4.78, 5) is 28.1. The Kier molecular flexibility index (Phi) is 8.49. The van der Waals surface area contributed by atoms with Gasteiger partial charge in [0, 0.05) is 52.1 Å². The molecule has 0 spiro atoms. The maximum atomic E-state index is 12.7. The van der Waals surface area contributed by atoms with Crippen LogP contribution in [0, 0.1) is 25.2 Å². The van der Waals surface area contributed by atoms with Crippen molar-refractivity contribution in [2.24, 2.45) is 0 Å². The van der Waals surface area contributed by atoms with Gasteiger partial charge in [0.15, 0.2) is 0 Å². The molecule has 0 bridgehead atoms. The van der Waals surface area contributed by atoms with Gasteiger partial charge in [0.05, 0.1) is 18.7 Å². The molecule has 1 saturated heterocycles. The average Bonchev–Trinajstić information content (AvgIpc) is 2.92. The second-order valence-electron chi connectivity index (χ2n) is 7.05. The molecule has 0 radical (unpaired) electrons. The van der Waals surface area contributed by atoms with Crippen molar-refractivity contribution in [3.8, 4) is 6.07 Å². The van der Waals surface area contributed by atoms with Gasteiger partial charge in [0.1, 0.15) is 11.9 Å². The molecule has 9 heteroatoms. The first-order valence-corrected chi connectivity index (χ1v) is 9.95. The smallest absolute Gasteiger partial charge is 0.409 e. The molecule has 160 valence electrons. The van der Waals surface area contributed by atoms with Crippen LogP contribution in [-0.2, 0) is 20.8 Å². The molecule has 1 aromatic heterocycles. The predicted octanol–water partition coefficient (Wildman–Crippen LogP) is 1.73. The van der Waals surface area contributed by atoms with E-state index in [1.54, 1.807) is 18.9 Å². The molecule has 0 unspecified atom stereocenters. The van der Waals surface area contributed by atoms with Crippen molar-refractivity contribution in [3.63, 3.8) is 0 Å². The quantitative estimate of drug-likeness (QED) is 0.661. The van der Waals surface area contributed by atoms with Crippen LogP contribution < -0.4 is 5.32 Å². The van der Waals surface area contributed by atoms with Gasteiger partial charge in [-0.1, -0.05) is 0 Å². The number of rotatable bonds is 8. The molecule has 0 aliphatic carbocycles. The molecule has 1 aliphatic rings. The van der Waals surface area contributed by atoms with E-state index in [1.807, 2.05) is 23.3 Å². The number of amides is 2. The second-order valence-corrected chi connectivity index (χ2v) is 7.05. The van der Waals surface area contributed by atoms with Gasteiger partial charge in [-0.15, -0.1) is 0 Å². The summed E-state index contributed by atoms with van der Waals surface area (Å²) in [5.74, 6) is 0.380. The number of anilines is 1. The highest BCUT2D eigenvalue weighted by Crippen LogP contribution is 2.26. The molecule has 2 amide bonds. The van der Waals surface area contributed by atoms with Crippen molar-refractivity contribution in [1.82, 2.24) is 14.4 Å². The minimum Gasteiger partial charge on any atom is -0.450 e. The van der Waals surface area contributed by atoms with Crippen molar-refractivity contribution in [2.45, 2.75) is 33.7 Å². The van der Waals surface area contributed by atoms with E-state index in [0.717, 1.165) is 17.7 Å². The van der Waals surface area contributed by atoms with Crippen LogP contribution in [0.3, 0.4) is 0 Å². The van der Waals surface area contributed by atoms with Crippen LogP contribution in [0.4, 0.5) is 10.6 Å². The van der Waals surface area contributed by atoms with E-state index in [9.17, 15) is 14.9 Å². The first-order valence-electron chi connectivity index (χ1n) is 9.95. The summed E-state index contributed by atoms with van der Waals surface area (Å²) < 4.78 is 12.1. The van der Waals surface area contributed by atoms with Crippen LogP contribution in [0.25, 0.3) is 0 Å². The first kappa shape index (κ1) is 22.7. The maximum absolute atomic E-state index is 12.7. The summed E-state index contributed by atoms with van der Waals surface area (Å²) in [6.07, 6.45) is 0.477. The highest BCUT2D eigenvalue weighted by Gasteiger charge is 2.24. The Labute approximate surface area is 172 Å². The zero-order valence-electron chi connectivity index (χ0n) is 17.8. The molecule has 0 aromatic carbocycles. The zero-order chi connectivity index (χ0) is 21.4. The molecule has 1 aliphatic heterocycles. The lowest BCUT2D eigenvalue weighted by atomic mass is 10.2. The van der Waals surface area contributed by atoms with E-state index in [0.29, 0.717) is 57.3 Å². The molecule has 0 saturated carbocycles. The third kappa shape index (κ3) is 5.71. The van der Waals surface area contributed by atoms with Gasteiger partial charge in [-0.2, -0.15) is 5.26 Å². The van der Waals surface area contributed by atoms with Gasteiger partial charge in [-0.3, -0.25) is 9.69 Å². The van der Waals surface area contributed by atoms with E-state index < -0.39 is 0 Å². The molecule has 1 fully saturated rings. The number of nitrogens with zero attached hydrogens (tertiary/aromatic N) is 4. The number of piperazine rings is 1. The van der Waals surface area contributed by atoms with Gasteiger partial charge in [-0.25, -0.2) is 4.79 Å². The van der Waals surface area contributed by atoms with Crippen LogP contribution in [0.1, 0.15) is 30.2 Å². The Morgan fingerprint density at radius 1 is 1.21 bits per heavy atom. The standard InChI is InChI=1S/C20H31N5O4/c1-5-29-20(27)24-10-8-23(9-11-24)14-18(26)22-19-17(13-21)15(2)16(3)25(19)7-6-12-28-4/h5-12,14H2,1-4H3,(H,22,26). The number of hydrogen-bond donors (Lipinski definition) is 1. The molecule has 2 heterocycles. The Morgan fingerprint density at radius 3 is 2.48 bits per heavy atom. The van der Waals surface area contributed by atoms with E-state index >= 15 is 0 Å². The fourth-order valence-corrected chi connectivity index (χ4v) is 3.45. The fraction of sp³-hybridized carbons (Fsp3) is 0.650. The highest BCUT2D eigenvalue weighted by molar-refractivity contribution is 5.93. The Balaban J connectivity index is 1.99. The zero-order valence-corrected chi connectivity index (χ0v) is 17.8. The van der Waals surface area contributed by atoms with Gasteiger partial charge in [0.25, 0.3) is 0 Å². The van der Waals surface area contributed by atoms with Crippen LogP contribution in [-0.4, -0.2) is 79.4 Å². The summed E-state index contributed by atoms with van der Waals surface area (Å²) in [7, 11) is 1.65. The fourth-order valence-electron chi connectivity index (χ4n) is 3.45. The summed E-state index contributed by atoms with van der Waals surface area (Å²) >= 11 is 0. The van der Waals surface area contributed by atoms with E-state index in [2.05, 4.69) is 11.4 Å². The van der Waals surface area contributed by atoms with Gasteiger partial charge >= 0.3 is 6.09 Å². The summed E-state index contributed by atoms with van der Waals surface area (Å²) in [5, 5.41) is 12.5. The topological polar surface area (TPSA) is 99.8 Å². The summed E-state index contributed by atoms with van der Waals surface area (Å²) in [6.45, 7) is 9.72. The minimum absolute atomic E-state index is 0.170. The number of ether oxygens (including phenoxy) is 2.